The van der Waals surface area contributed by atoms with Crippen molar-refractivity contribution in [3.8, 4) is 0 Å². The lowest BCUT2D eigenvalue weighted by Crippen LogP contribution is -2.35. The predicted molar refractivity (Wildman–Crippen MR) is 69.8 cm³/mol. The Balaban J connectivity index is 4.11. The molecule has 0 spiro atoms. The Bertz CT molecular complexity index is 303. The number of carbonyl (C=O) groups excluding carboxylic acids is 2. The molecular weight excluding hydrogens is 232 g/mol. The molecule has 0 aliphatic carbocycles. The molecule has 0 saturated heterocycles. The molecule has 0 heterocycles. The highest BCUT2D eigenvalue weighted by atomic mass is 16.7. The van der Waals surface area contributed by atoms with Crippen LogP contribution in [0.2, 0.25) is 0 Å². The molecule has 0 aromatic carbocycles. The van der Waals surface area contributed by atoms with Crippen LogP contribution in [0.4, 0.5) is 0 Å². The maximum Gasteiger partial charge on any atom is 0.311 e. The summed E-state index contributed by atoms with van der Waals surface area (Å²) < 4.78 is 10.2. The third-order valence-electron chi connectivity index (χ3n) is 2.09. The van der Waals surface area contributed by atoms with Crippen LogP contribution >= 0.6 is 0 Å². The van der Waals surface area contributed by atoms with Gasteiger partial charge in [-0.3, -0.25) is 9.59 Å². The topological polar surface area (TPSA) is 52.6 Å². The van der Waals surface area contributed by atoms with Crippen molar-refractivity contribution in [2.75, 3.05) is 0 Å². The first-order chi connectivity index (χ1) is 8.28. The van der Waals surface area contributed by atoms with Gasteiger partial charge in [0.05, 0.1) is 5.92 Å². The summed E-state index contributed by atoms with van der Waals surface area (Å²) in [7, 11) is 0. The Morgan fingerprint density at radius 2 is 1.78 bits per heavy atom. The summed E-state index contributed by atoms with van der Waals surface area (Å²) in [6, 6.07) is 0. The largest absolute Gasteiger partial charge is 0.423 e. The van der Waals surface area contributed by atoms with E-state index in [1.165, 1.54) is 0 Å². The third kappa shape index (κ3) is 7.87. The van der Waals surface area contributed by atoms with Crippen LogP contribution in [0.1, 0.15) is 53.9 Å². The molecule has 0 fully saturated rings. The predicted octanol–water partition coefficient (Wildman–Crippen LogP) is 3.21. The molecule has 0 N–H and O–H groups in total. The van der Waals surface area contributed by atoms with E-state index in [4.69, 9.17) is 9.47 Å². The lowest BCUT2D eigenvalue weighted by atomic mass is 10.2. The van der Waals surface area contributed by atoms with E-state index in [0.717, 1.165) is 6.42 Å². The molecule has 0 aromatic heterocycles. The average Bonchev–Trinajstić information content (AvgIpc) is 2.22. The van der Waals surface area contributed by atoms with Crippen LogP contribution in [0.15, 0.2) is 12.2 Å². The van der Waals surface area contributed by atoms with E-state index in [0.29, 0.717) is 12.8 Å². The fourth-order valence-corrected chi connectivity index (χ4v) is 1.19. The molecule has 0 aliphatic heterocycles. The quantitative estimate of drug-likeness (QED) is 0.399. The van der Waals surface area contributed by atoms with Crippen LogP contribution in [0.5, 0.6) is 0 Å². The lowest BCUT2D eigenvalue weighted by molar-refractivity contribution is -0.218. The highest BCUT2D eigenvalue weighted by molar-refractivity contribution is 5.73. The van der Waals surface area contributed by atoms with Crippen LogP contribution < -0.4 is 0 Å². The minimum absolute atomic E-state index is 0.240. The van der Waals surface area contributed by atoms with Gasteiger partial charge in [0.2, 0.25) is 0 Å². The number of carbonyl (C=O) groups is 2. The summed E-state index contributed by atoms with van der Waals surface area (Å²) in [5.41, 5.74) is 0. The summed E-state index contributed by atoms with van der Waals surface area (Å²) >= 11 is 0. The molecule has 0 bridgehead atoms. The van der Waals surface area contributed by atoms with E-state index in [9.17, 15) is 9.59 Å². The van der Waals surface area contributed by atoms with Gasteiger partial charge in [-0.1, -0.05) is 32.9 Å². The number of esters is 2. The zero-order valence-electron chi connectivity index (χ0n) is 12.0. The van der Waals surface area contributed by atoms with Gasteiger partial charge in [-0.25, -0.2) is 0 Å². The van der Waals surface area contributed by atoms with E-state index in [1.54, 1.807) is 27.7 Å². The summed E-state index contributed by atoms with van der Waals surface area (Å²) in [5.74, 6) is -2.18. The fourth-order valence-electron chi connectivity index (χ4n) is 1.19. The van der Waals surface area contributed by atoms with Gasteiger partial charge in [0.1, 0.15) is 0 Å². The molecule has 0 atom stereocenters. The minimum atomic E-state index is -1.20. The smallest absolute Gasteiger partial charge is 0.311 e. The normalized spacial score (nSPS) is 11.9. The van der Waals surface area contributed by atoms with Crippen LogP contribution in [0.3, 0.4) is 0 Å². The van der Waals surface area contributed by atoms with E-state index < -0.39 is 5.79 Å². The Morgan fingerprint density at radius 1 is 1.17 bits per heavy atom. The van der Waals surface area contributed by atoms with Crippen molar-refractivity contribution in [1.29, 1.82) is 0 Å². The molecule has 0 aliphatic rings. The molecular formula is C14H24O4. The standard InChI is InChI=1S/C14H24O4/c1-6-7-8-9-10-12(15)17-14(4,5)18-13(16)11(2)3/h7-8,11H,6,9-10H2,1-5H3/b8-7+. The fraction of sp³-hybridized carbons (Fsp3) is 0.714. The Morgan fingerprint density at radius 3 is 2.28 bits per heavy atom. The second kappa shape index (κ2) is 7.90. The van der Waals surface area contributed by atoms with Gasteiger partial charge in [-0.2, -0.15) is 0 Å². The Kier molecular flexibility index (Phi) is 7.32. The zero-order valence-corrected chi connectivity index (χ0v) is 12.0. The molecule has 18 heavy (non-hydrogen) atoms. The van der Waals surface area contributed by atoms with Gasteiger partial charge in [0.15, 0.2) is 0 Å². The SMILES string of the molecule is CC/C=C/CCC(=O)OC(C)(C)OC(=O)C(C)C. The van der Waals surface area contributed by atoms with Crippen LogP contribution in [0.25, 0.3) is 0 Å². The first-order valence-corrected chi connectivity index (χ1v) is 6.38. The van der Waals surface area contributed by atoms with Crippen molar-refractivity contribution in [1.82, 2.24) is 0 Å². The molecule has 4 heteroatoms. The maximum absolute atomic E-state index is 11.5. The van der Waals surface area contributed by atoms with Gasteiger partial charge in [-0.15, -0.1) is 0 Å². The van der Waals surface area contributed by atoms with Gasteiger partial charge < -0.3 is 9.47 Å². The summed E-state index contributed by atoms with van der Waals surface area (Å²) in [6.45, 7) is 8.62. The Hall–Kier alpha value is -1.32. The number of rotatable bonds is 7. The molecule has 0 radical (unpaired) electrons. The summed E-state index contributed by atoms with van der Waals surface area (Å²) in [4.78, 5) is 22.9. The molecule has 4 nitrogen and oxygen atoms in total. The van der Waals surface area contributed by atoms with E-state index >= 15 is 0 Å². The van der Waals surface area contributed by atoms with E-state index in [-0.39, 0.29) is 17.9 Å². The molecule has 104 valence electrons. The van der Waals surface area contributed by atoms with Crippen molar-refractivity contribution >= 4 is 11.9 Å². The first kappa shape index (κ1) is 16.7. The van der Waals surface area contributed by atoms with Crippen molar-refractivity contribution in [3.05, 3.63) is 12.2 Å². The number of ether oxygens (including phenoxy) is 2. The van der Waals surface area contributed by atoms with Gasteiger partial charge in [-0.05, 0) is 12.8 Å². The zero-order chi connectivity index (χ0) is 14.2. The number of allylic oxidation sites excluding steroid dienone is 2. The highest BCUT2D eigenvalue weighted by Crippen LogP contribution is 2.15. The average molecular weight is 256 g/mol. The Labute approximate surface area is 109 Å². The highest BCUT2D eigenvalue weighted by Gasteiger charge is 2.28. The molecule has 0 unspecified atom stereocenters. The van der Waals surface area contributed by atoms with E-state index in [2.05, 4.69) is 0 Å². The van der Waals surface area contributed by atoms with Gasteiger partial charge in [0.25, 0.3) is 5.79 Å². The molecule has 0 rings (SSSR count). The van der Waals surface area contributed by atoms with Gasteiger partial charge >= 0.3 is 11.9 Å². The lowest BCUT2D eigenvalue weighted by Gasteiger charge is -2.25. The maximum atomic E-state index is 11.5. The van der Waals surface area contributed by atoms with Crippen LogP contribution in [-0.2, 0) is 19.1 Å². The number of hydrogen-bond donors (Lipinski definition) is 0. The summed E-state index contributed by atoms with van der Waals surface area (Å²) in [5, 5.41) is 0. The summed E-state index contributed by atoms with van der Waals surface area (Å²) in [6.07, 6.45) is 5.82. The van der Waals surface area contributed by atoms with E-state index in [1.807, 2.05) is 19.1 Å². The second-order valence-electron chi connectivity index (χ2n) is 4.87. The number of hydrogen-bond acceptors (Lipinski definition) is 4. The molecule has 0 aromatic rings. The van der Waals surface area contributed by atoms with Crippen molar-refractivity contribution in [3.63, 3.8) is 0 Å². The first-order valence-electron chi connectivity index (χ1n) is 6.38. The van der Waals surface area contributed by atoms with Crippen molar-refractivity contribution in [2.45, 2.75) is 59.7 Å². The van der Waals surface area contributed by atoms with Crippen LogP contribution in [0, 0.1) is 5.92 Å². The monoisotopic (exact) mass is 256 g/mol. The van der Waals surface area contributed by atoms with Gasteiger partial charge in [0, 0.05) is 20.3 Å². The van der Waals surface area contributed by atoms with Crippen molar-refractivity contribution in [2.24, 2.45) is 5.92 Å². The molecule has 0 amide bonds. The third-order valence-corrected chi connectivity index (χ3v) is 2.09. The van der Waals surface area contributed by atoms with Crippen LogP contribution in [-0.4, -0.2) is 17.7 Å². The second-order valence-corrected chi connectivity index (χ2v) is 4.87. The minimum Gasteiger partial charge on any atom is -0.423 e. The van der Waals surface area contributed by atoms with Crippen molar-refractivity contribution < 1.29 is 19.1 Å². The molecule has 0 saturated carbocycles.